The maximum absolute atomic E-state index is 10.8. The van der Waals surface area contributed by atoms with E-state index in [4.69, 9.17) is 9.47 Å². The molecule has 1 N–H and O–H groups in total. The smallest absolute Gasteiger partial charge is 0.230 e. The zero-order valence-corrected chi connectivity index (χ0v) is 10.7. The van der Waals surface area contributed by atoms with Gasteiger partial charge in [0.1, 0.15) is 0 Å². The van der Waals surface area contributed by atoms with Crippen molar-refractivity contribution >= 4 is 28.8 Å². The lowest BCUT2D eigenvalue weighted by Gasteiger charge is -2.03. The molecular weight excluding hydrogens is 297 g/mol. The van der Waals surface area contributed by atoms with Crippen molar-refractivity contribution < 1.29 is 14.3 Å². The Balaban J connectivity index is 2.95. The third-order valence-corrected chi connectivity index (χ3v) is 2.32. The van der Waals surface area contributed by atoms with Gasteiger partial charge < -0.3 is 9.47 Å². The third-order valence-electron chi connectivity index (χ3n) is 1.72. The largest absolute Gasteiger partial charge is 0.385 e. The molecule has 0 unspecified atom stereocenters. The Morgan fingerprint density at radius 1 is 1.21 bits per heavy atom. The van der Waals surface area contributed by atoms with Gasteiger partial charge in [0.15, 0.2) is 0 Å². The van der Waals surface area contributed by atoms with Gasteiger partial charge in [0.05, 0.1) is 35.9 Å². The molecule has 0 saturated carbocycles. The van der Waals surface area contributed by atoms with Crippen LogP contribution in [0.4, 0.5) is 0 Å². The lowest BCUT2D eigenvalue weighted by molar-refractivity contribution is -0.119. The van der Waals surface area contributed by atoms with Gasteiger partial charge in [0.25, 0.3) is 0 Å². The normalized spacial score (nSPS) is 10.1. The van der Waals surface area contributed by atoms with Crippen molar-refractivity contribution in [1.82, 2.24) is 3.53 Å². The van der Waals surface area contributed by atoms with Crippen molar-refractivity contribution in [3.8, 4) is 0 Å². The summed E-state index contributed by atoms with van der Waals surface area (Å²) in [7, 11) is 1.71. The van der Waals surface area contributed by atoms with Crippen LogP contribution < -0.4 is 3.53 Å². The molecule has 84 valence electrons. The minimum atomic E-state index is 0.0185. The minimum absolute atomic E-state index is 0.0185. The Hall–Kier alpha value is 0.120. The van der Waals surface area contributed by atoms with Crippen LogP contribution in [-0.4, -0.2) is 32.8 Å². The summed E-state index contributed by atoms with van der Waals surface area (Å²) in [6, 6.07) is 0. The summed E-state index contributed by atoms with van der Waals surface area (Å²) in [5.74, 6) is 0.0185. The summed E-state index contributed by atoms with van der Waals surface area (Å²) in [6.07, 6.45) is 3.68. The van der Waals surface area contributed by atoms with Gasteiger partial charge in [-0.05, 0) is 19.3 Å². The second-order valence-electron chi connectivity index (χ2n) is 2.93. The zero-order valence-electron chi connectivity index (χ0n) is 8.55. The zero-order chi connectivity index (χ0) is 10.6. The summed E-state index contributed by atoms with van der Waals surface area (Å²) < 4.78 is 12.7. The molecule has 0 rings (SSSR count). The van der Waals surface area contributed by atoms with Crippen LogP contribution in [0.3, 0.4) is 0 Å². The van der Waals surface area contributed by atoms with Gasteiger partial charge >= 0.3 is 0 Å². The second kappa shape index (κ2) is 11.2. The molecule has 1 amide bonds. The SMILES string of the molecule is COCCCCCOCCC(=O)NI. The highest BCUT2D eigenvalue weighted by molar-refractivity contribution is 14.1. The summed E-state index contributed by atoms with van der Waals surface area (Å²) in [6.45, 7) is 2.06. The molecular formula is C9H18INO3. The van der Waals surface area contributed by atoms with Crippen LogP contribution >= 0.6 is 22.9 Å². The predicted molar refractivity (Wildman–Crippen MR) is 63.3 cm³/mol. The molecule has 0 spiro atoms. The molecule has 0 saturated heterocycles. The Labute approximate surface area is 99.2 Å². The highest BCUT2D eigenvalue weighted by Crippen LogP contribution is 1.96. The Morgan fingerprint density at radius 2 is 1.93 bits per heavy atom. The van der Waals surface area contributed by atoms with E-state index in [1.807, 2.05) is 22.9 Å². The Morgan fingerprint density at radius 3 is 2.57 bits per heavy atom. The maximum atomic E-state index is 10.8. The third kappa shape index (κ3) is 10.2. The molecule has 4 nitrogen and oxygen atoms in total. The Bertz CT molecular complexity index is 144. The van der Waals surface area contributed by atoms with Crippen LogP contribution in [0, 0.1) is 0 Å². The first-order valence-corrected chi connectivity index (χ1v) is 5.85. The maximum Gasteiger partial charge on any atom is 0.230 e. The van der Waals surface area contributed by atoms with Gasteiger partial charge in [0.2, 0.25) is 5.91 Å². The van der Waals surface area contributed by atoms with Crippen molar-refractivity contribution in [2.75, 3.05) is 26.9 Å². The fraction of sp³-hybridized carbons (Fsp3) is 0.889. The van der Waals surface area contributed by atoms with Gasteiger partial charge in [0, 0.05) is 20.3 Å². The fourth-order valence-corrected chi connectivity index (χ4v) is 1.21. The highest BCUT2D eigenvalue weighted by atomic mass is 127. The first kappa shape index (κ1) is 14.1. The van der Waals surface area contributed by atoms with Crippen molar-refractivity contribution in [3.63, 3.8) is 0 Å². The monoisotopic (exact) mass is 315 g/mol. The molecule has 0 heterocycles. The molecule has 0 bridgehead atoms. The Kier molecular flexibility index (Phi) is 11.3. The summed E-state index contributed by atoms with van der Waals surface area (Å²) >= 11 is 1.83. The number of nitrogens with one attached hydrogen (secondary N) is 1. The number of methoxy groups -OCH3 is 1. The van der Waals surface area contributed by atoms with Crippen molar-refractivity contribution in [1.29, 1.82) is 0 Å². The lowest BCUT2D eigenvalue weighted by Crippen LogP contribution is -2.14. The van der Waals surface area contributed by atoms with E-state index in [-0.39, 0.29) is 5.91 Å². The number of amides is 1. The molecule has 0 aromatic carbocycles. The molecule has 0 radical (unpaired) electrons. The molecule has 0 aromatic heterocycles. The van der Waals surface area contributed by atoms with E-state index in [1.165, 1.54) is 0 Å². The summed E-state index contributed by atoms with van der Waals surface area (Å²) in [4.78, 5) is 10.8. The van der Waals surface area contributed by atoms with E-state index in [2.05, 4.69) is 3.53 Å². The van der Waals surface area contributed by atoms with E-state index < -0.39 is 0 Å². The van der Waals surface area contributed by atoms with Crippen LogP contribution in [0.2, 0.25) is 0 Å². The average molecular weight is 315 g/mol. The van der Waals surface area contributed by atoms with E-state index in [0.29, 0.717) is 13.0 Å². The number of carbonyl (C=O) groups is 1. The van der Waals surface area contributed by atoms with E-state index in [0.717, 1.165) is 32.5 Å². The number of ether oxygens (including phenoxy) is 2. The highest BCUT2D eigenvalue weighted by Gasteiger charge is 1.97. The molecule has 0 aliphatic heterocycles. The molecule has 0 aliphatic carbocycles. The van der Waals surface area contributed by atoms with Gasteiger partial charge in [-0.25, -0.2) is 0 Å². The van der Waals surface area contributed by atoms with Crippen LogP contribution in [0.15, 0.2) is 0 Å². The quantitative estimate of drug-likeness (QED) is 0.400. The fourth-order valence-electron chi connectivity index (χ4n) is 0.941. The topological polar surface area (TPSA) is 47.6 Å². The number of carbonyl (C=O) groups excluding carboxylic acids is 1. The number of halogens is 1. The van der Waals surface area contributed by atoms with Crippen molar-refractivity contribution in [3.05, 3.63) is 0 Å². The number of hydrogen-bond donors (Lipinski definition) is 1. The molecule has 0 aromatic rings. The predicted octanol–water partition coefficient (Wildman–Crippen LogP) is 1.68. The van der Waals surface area contributed by atoms with Gasteiger partial charge in [-0.2, -0.15) is 0 Å². The summed E-state index contributed by atoms with van der Waals surface area (Å²) in [5, 5.41) is 0. The molecule has 0 atom stereocenters. The molecule has 14 heavy (non-hydrogen) atoms. The lowest BCUT2D eigenvalue weighted by atomic mass is 10.2. The number of hydrogen-bond acceptors (Lipinski definition) is 3. The first-order valence-electron chi connectivity index (χ1n) is 4.77. The van der Waals surface area contributed by atoms with Crippen molar-refractivity contribution in [2.45, 2.75) is 25.7 Å². The van der Waals surface area contributed by atoms with Crippen LogP contribution in [0.1, 0.15) is 25.7 Å². The van der Waals surface area contributed by atoms with Crippen LogP contribution in [-0.2, 0) is 14.3 Å². The van der Waals surface area contributed by atoms with Crippen molar-refractivity contribution in [2.24, 2.45) is 0 Å². The van der Waals surface area contributed by atoms with Gasteiger partial charge in [-0.15, -0.1) is 0 Å². The molecule has 0 fully saturated rings. The van der Waals surface area contributed by atoms with Gasteiger partial charge in [-0.3, -0.25) is 8.32 Å². The first-order chi connectivity index (χ1) is 6.81. The van der Waals surface area contributed by atoms with E-state index >= 15 is 0 Å². The minimum Gasteiger partial charge on any atom is -0.385 e. The van der Waals surface area contributed by atoms with Crippen LogP contribution in [0.25, 0.3) is 0 Å². The standard InChI is InChI=1S/C9H18INO3/c1-13-6-3-2-4-7-14-8-5-9(12)11-10/h2-8H2,1H3,(H,11,12). The summed E-state index contributed by atoms with van der Waals surface area (Å²) in [5.41, 5.74) is 0. The van der Waals surface area contributed by atoms with Crippen LogP contribution in [0.5, 0.6) is 0 Å². The van der Waals surface area contributed by atoms with E-state index in [9.17, 15) is 4.79 Å². The van der Waals surface area contributed by atoms with Gasteiger partial charge in [-0.1, -0.05) is 0 Å². The number of rotatable bonds is 9. The van der Waals surface area contributed by atoms with E-state index in [1.54, 1.807) is 7.11 Å². The number of unbranched alkanes of at least 4 members (excludes halogenated alkanes) is 2. The molecule has 5 heteroatoms. The average Bonchev–Trinajstić information content (AvgIpc) is 2.21. The molecule has 0 aliphatic rings. The second-order valence-corrected chi connectivity index (χ2v) is 3.47.